The maximum absolute atomic E-state index is 12.6. The van der Waals surface area contributed by atoms with Crippen molar-refractivity contribution >= 4 is 15.9 Å². The second-order valence-electron chi connectivity index (χ2n) is 6.04. The Morgan fingerprint density at radius 3 is 2.31 bits per heavy atom. The van der Waals surface area contributed by atoms with Gasteiger partial charge in [0.2, 0.25) is 15.9 Å². The molecule has 0 aromatic heterocycles. The van der Waals surface area contributed by atoms with Crippen LogP contribution in [-0.2, 0) is 14.8 Å². The summed E-state index contributed by atoms with van der Waals surface area (Å²) in [5, 5.41) is 2.75. The van der Waals surface area contributed by atoms with E-state index in [9.17, 15) is 13.2 Å². The number of ether oxygens (including phenoxy) is 1. The summed E-state index contributed by atoms with van der Waals surface area (Å²) in [6.45, 7) is 2.55. The fourth-order valence-electron chi connectivity index (χ4n) is 2.43. The number of aryl methyl sites for hydroxylation is 1. The van der Waals surface area contributed by atoms with Gasteiger partial charge in [0, 0.05) is 7.05 Å². The Hall–Kier alpha value is -2.38. The van der Waals surface area contributed by atoms with Crippen LogP contribution >= 0.6 is 0 Å². The third-order valence-electron chi connectivity index (χ3n) is 3.94. The van der Waals surface area contributed by atoms with Crippen LogP contribution in [-0.4, -0.2) is 45.1 Å². The van der Waals surface area contributed by atoms with E-state index in [4.69, 9.17) is 4.74 Å². The van der Waals surface area contributed by atoms with Crippen molar-refractivity contribution in [2.45, 2.75) is 13.0 Å². The van der Waals surface area contributed by atoms with Crippen LogP contribution in [0.25, 0.3) is 0 Å². The van der Waals surface area contributed by atoms with Crippen molar-refractivity contribution < 1.29 is 17.9 Å². The van der Waals surface area contributed by atoms with Gasteiger partial charge in [-0.15, -0.1) is 0 Å². The zero-order valence-corrected chi connectivity index (χ0v) is 16.0. The average Bonchev–Trinajstić information content (AvgIpc) is 2.60. The summed E-state index contributed by atoms with van der Waals surface area (Å²) >= 11 is 0. The molecule has 0 bridgehead atoms. The highest BCUT2D eigenvalue weighted by molar-refractivity contribution is 7.88. The minimum Gasteiger partial charge on any atom is -0.492 e. The lowest BCUT2D eigenvalue weighted by molar-refractivity contribution is -0.124. The minimum atomic E-state index is -3.53. The van der Waals surface area contributed by atoms with Crippen LogP contribution in [0.2, 0.25) is 0 Å². The number of hydrogen-bond donors (Lipinski definition) is 1. The first-order chi connectivity index (χ1) is 12.3. The lowest BCUT2D eigenvalue weighted by Crippen LogP contribution is -2.42. The van der Waals surface area contributed by atoms with E-state index in [0.29, 0.717) is 12.2 Å². The van der Waals surface area contributed by atoms with E-state index in [-0.39, 0.29) is 6.54 Å². The van der Waals surface area contributed by atoms with Gasteiger partial charge in [-0.25, -0.2) is 8.42 Å². The maximum Gasteiger partial charge on any atom is 0.243 e. The molecule has 0 radical (unpaired) electrons. The van der Waals surface area contributed by atoms with E-state index in [1.165, 1.54) is 7.05 Å². The Morgan fingerprint density at radius 1 is 1.12 bits per heavy atom. The maximum atomic E-state index is 12.6. The zero-order valence-electron chi connectivity index (χ0n) is 15.2. The van der Waals surface area contributed by atoms with E-state index >= 15 is 0 Å². The number of nitrogens with one attached hydrogen (secondary N) is 1. The highest BCUT2D eigenvalue weighted by Crippen LogP contribution is 2.21. The van der Waals surface area contributed by atoms with Gasteiger partial charge in [-0.1, -0.05) is 48.0 Å². The third-order valence-corrected chi connectivity index (χ3v) is 5.20. The normalized spacial score (nSPS) is 12.6. The molecule has 1 atom stereocenters. The third kappa shape index (κ3) is 5.57. The lowest BCUT2D eigenvalue weighted by Gasteiger charge is -2.25. The predicted molar refractivity (Wildman–Crippen MR) is 101 cm³/mol. The van der Waals surface area contributed by atoms with E-state index in [0.717, 1.165) is 21.9 Å². The monoisotopic (exact) mass is 376 g/mol. The molecular formula is C19H24N2O4S. The van der Waals surface area contributed by atoms with Gasteiger partial charge in [0.25, 0.3) is 0 Å². The summed E-state index contributed by atoms with van der Waals surface area (Å²) < 4.78 is 30.5. The van der Waals surface area contributed by atoms with Crippen molar-refractivity contribution in [1.29, 1.82) is 0 Å². The molecule has 6 nitrogen and oxygen atoms in total. The van der Waals surface area contributed by atoms with Crippen LogP contribution in [0.5, 0.6) is 5.75 Å². The van der Waals surface area contributed by atoms with Crippen LogP contribution in [0.4, 0.5) is 0 Å². The molecule has 0 fully saturated rings. The second kappa shape index (κ2) is 8.82. The van der Waals surface area contributed by atoms with E-state index in [2.05, 4.69) is 5.32 Å². The SMILES string of the molecule is Cc1ccc(OCCNC(=O)C(c2ccccc2)N(C)S(C)(=O)=O)cc1. The zero-order chi connectivity index (χ0) is 19.2. The van der Waals surface area contributed by atoms with Crippen LogP contribution in [0.1, 0.15) is 17.2 Å². The van der Waals surface area contributed by atoms with E-state index < -0.39 is 22.0 Å². The average molecular weight is 376 g/mol. The van der Waals surface area contributed by atoms with Crippen LogP contribution in [0.15, 0.2) is 54.6 Å². The highest BCUT2D eigenvalue weighted by Gasteiger charge is 2.30. The van der Waals surface area contributed by atoms with Gasteiger partial charge in [-0.2, -0.15) is 4.31 Å². The Kier molecular flexibility index (Phi) is 6.76. The molecule has 2 rings (SSSR count). The number of rotatable bonds is 8. The van der Waals surface area contributed by atoms with Crippen molar-refractivity contribution in [2.75, 3.05) is 26.5 Å². The first kappa shape index (κ1) is 19.9. The van der Waals surface area contributed by atoms with Gasteiger partial charge >= 0.3 is 0 Å². The Labute approximate surface area is 154 Å². The second-order valence-corrected chi connectivity index (χ2v) is 8.09. The van der Waals surface area contributed by atoms with Crippen molar-refractivity contribution in [1.82, 2.24) is 9.62 Å². The molecule has 26 heavy (non-hydrogen) atoms. The number of likely N-dealkylation sites (N-methyl/N-ethyl adjacent to an activating group) is 1. The molecule has 1 amide bonds. The quantitative estimate of drug-likeness (QED) is 0.716. The van der Waals surface area contributed by atoms with Crippen molar-refractivity contribution in [3.8, 4) is 5.75 Å². The number of hydrogen-bond acceptors (Lipinski definition) is 4. The standard InChI is InChI=1S/C19H24N2O4S/c1-15-9-11-17(12-10-15)25-14-13-20-19(22)18(21(2)26(3,23)24)16-7-5-4-6-8-16/h4-12,18H,13-14H2,1-3H3,(H,20,22). The summed E-state index contributed by atoms with van der Waals surface area (Å²) in [6.07, 6.45) is 1.08. The molecular weight excluding hydrogens is 352 g/mol. The fourth-order valence-corrected chi connectivity index (χ4v) is 3.03. The molecule has 1 N–H and O–H groups in total. The minimum absolute atomic E-state index is 0.271. The number of benzene rings is 2. The van der Waals surface area contributed by atoms with Gasteiger partial charge in [0.05, 0.1) is 12.8 Å². The first-order valence-electron chi connectivity index (χ1n) is 8.24. The summed E-state index contributed by atoms with van der Waals surface area (Å²) in [4.78, 5) is 12.6. The van der Waals surface area contributed by atoms with Crippen molar-refractivity contribution in [2.24, 2.45) is 0 Å². The fraction of sp³-hybridized carbons (Fsp3) is 0.316. The van der Waals surface area contributed by atoms with Crippen molar-refractivity contribution in [3.05, 3.63) is 65.7 Å². The van der Waals surface area contributed by atoms with E-state index in [1.54, 1.807) is 24.3 Å². The number of amides is 1. The molecule has 0 aliphatic carbocycles. The molecule has 0 aliphatic heterocycles. The number of sulfonamides is 1. The van der Waals surface area contributed by atoms with Gasteiger partial charge < -0.3 is 10.1 Å². The smallest absolute Gasteiger partial charge is 0.243 e. The Balaban J connectivity index is 1.99. The van der Waals surface area contributed by atoms with Gasteiger partial charge in [0.1, 0.15) is 18.4 Å². The lowest BCUT2D eigenvalue weighted by atomic mass is 10.1. The summed E-state index contributed by atoms with van der Waals surface area (Å²) in [7, 11) is -2.13. The molecule has 0 heterocycles. The van der Waals surface area contributed by atoms with Gasteiger partial charge in [-0.05, 0) is 24.6 Å². The number of nitrogens with zero attached hydrogens (tertiary/aromatic N) is 1. The molecule has 0 saturated heterocycles. The van der Waals surface area contributed by atoms with Gasteiger partial charge in [-0.3, -0.25) is 4.79 Å². The highest BCUT2D eigenvalue weighted by atomic mass is 32.2. The Morgan fingerprint density at radius 2 is 1.73 bits per heavy atom. The Bertz CT molecular complexity index is 820. The largest absolute Gasteiger partial charge is 0.492 e. The topological polar surface area (TPSA) is 75.7 Å². The first-order valence-corrected chi connectivity index (χ1v) is 10.1. The van der Waals surface area contributed by atoms with Gasteiger partial charge in [0.15, 0.2) is 0 Å². The van der Waals surface area contributed by atoms with Crippen LogP contribution < -0.4 is 10.1 Å². The molecule has 140 valence electrons. The molecule has 0 saturated carbocycles. The molecule has 0 spiro atoms. The molecule has 0 aliphatic rings. The summed E-state index contributed by atoms with van der Waals surface area (Å²) in [5.74, 6) is 0.328. The number of carbonyl (C=O) groups excluding carboxylic acids is 1. The molecule has 2 aromatic carbocycles. The van der Waals surface area contributed by atoms with Crippen molar-refractivity contribution in [3.63, 3.8) is 0 Å². The summed E-state index contributed by atoms with van der Waals surface area (Å²) in [5.41, 5.74) is 1.75. The predicted octanol–water partition coefficient (Wildman–Crippen LogP) is 2.12. The van der Waals surface area contributed by atoms with Crippen LogP contribution in [0, 0.1) is 6.92 Å². The summed E-state index contributed by atoms with van der Waals surface area (Å²) in [6, 6.07) is 15.5. The van der Waals surface area contributed by atoms with Crippen LogP contribution in [0.3, 0.4) is 0 Å². The molecule has 1 unspecified atom stereocenters. The molecule has 2 aromatic rings. The van der Waals surface area contributed by atoms with E-state index in [1.807, 2.05) is 37.3 Å². The molecule has 7 heteroatoms. The number of carbonyl (C=O) groups is 1.